The third-order valence-corrected chi connectivity index (χ3v) is 5.01. The van der Waals surface area contributed by atoms with Gasteiger partial charge in [-0.2, -0.15) is 0 Å². The molecule has 2 aromatic rings. The summed E-state index contributed by atoms with van der Waals surface area (Å²) in [4.78, 5) is 16.9. The van der Waals surface area contributed by atoms with Gasteiger partial charge in [0, 0.05) is 38.4 Å². The lowest BCUT2D eigenvalue weighted by atomic mass is 10.1. The van der Waals surface area contributed by atoms with Crippen LogP contribution >= 0.6 is 0 Å². The van der Waals surface area contributed by atoms with Gasteiger partial charge >= 0.3 is 0 Å². The van der Waals surface area contributed by atoms with Gasteiger partial charge in [0.05, 0.1) is 6.54 Å². The van der Waals surface area contributed by atoms with Gasteiger partial charge in [0.15, 0.2) is 11.5 Å². The van der Waals surface area contributed by atoms with Crippen molar-refractivity contribution < 1.29 is 14.3 Å². The summed E-state index contributed by atoms with van der Waals surface area (Å²) in [6, 6.07) is 14.0. The van der Waals surface area contributed by atoms with Gasteiger partial charge < -0.3 is 14.8 Å². The van der Waals surface area contributed by atoms with Crippen LogP contribution in [0.2, 0.25) is 0 Å². The highest BCUT2D eigenvalue weighted by Crippen LogP contribution is 2.32. The minimum atomic E-state index is 0.0445. The summed E-state index contributed by atoms with van der Waals surface area (Å²) in [6.07, 6.45) is 0. The third kappa shape index (κ3) is 4.59. The molecule has 1 saturated heterocycles. The van der Waals surface area contributed by atoms with Crippen molar-refractivity contribution >= 4 is 11.6 Å². The molecular formula is C21H25N3O3. The lowest BCUT2D eigenvalue weighted by Gasteiger charge is -2.34. The summed E-state index contributed by atoms with van der Waals surface area (Å²) in [5, 5.41) is 2.97. The molecule has 0 saturated carbocycles. The van der Waals surface area contributed by atoms with Gasteiger partial charge in [0.2, 0.25) is 12.7 Å². The number of fused-ring (bicyclic) bond motifs is 1. The van der Waals surface area contributed by atoms with Crippen LogP contribution in [0.15, 0.2) is 42.5 Å². The summed E-state index contributed by atoms with van der Waals surface area (Å²) < 4.78 is 10.8. The van der Waals surface area contributed by atoms with Crippen molar-refractivity contribution in [3.8, 4) is 11.5 Å². The summed E-state index contributed by atoms with van der Waals surface area (Å²) in [5.41, 5.74) is 3.27. The molecule has 1 amide bonds. The fourth-order valence-electron chi connectivity index (χ4n) is 3.44. The van der Waals surface area contributed by atoms with E-state index in [-0.39, 0.29) is 5.91 Å². The fraction of sp³-hybridized carbons (Fsp3) is 0.381. The Balaban J connectivity index is 1.23. The maximum Gasteiger partial charge on any atom is 0.238 e. The number of carbonyl (C=O) groups is 1. The van der Waals surface area contributed by atoms with Crippen molar-refractivity contribution in [2.24, 2.45) is 0 Å². The van der Waals surface area contributed by atoms with Crippen LogP contribution in [0, 0.1) is 6.92 Å². The highest BCUT2D eigenvalue weighted by Gasteiger charge is 2.20. The Morgan fingerprint density at radius 2 is 1.67 bits per heavy atom. The summed E-state index contributed by atoms with van der Waals surface area (Å²) in [6.45, 7) is 7.36. The summed E-state index contributed by atoms with van der Waals surface area (Å²) in [7, 11) is 0. The van der Waals surface area contributed by atoms with Crippen molar-refractivity contribution in [2.75, 3.05) is 44.8 Å². The number of rotatable bonds is 5. The van der Waals surface area contributed by atoms with Gasteiger partial charge in [0.25, 0.3) is 0 Å². The number of anilines is 1. The zero-order valence-electron chi connectivity index (χ0n) is 15.6. The van der Waals surface area contributed by atoms with Crippen LogP contribution in [0.25, 0.3) is 0 Å². The molecule has 6 nitrogen and oxygen atoms in total. The number of nitrogens with zero attached hydrogens (tertiary/aromatic N) is 2. The van der Waals surface area contributed by atoms with E-state index in [0.29, 0.717) is 13.3 Å². The van der Waals surface area contributed by atoms with Gasteiger partial charge in [-0.25, -0.2) is 0 Å². The van der Waals surface area contributed by atoms with Crippen LogP contribution in [-0.2, 0) is 11.3 Å². The molecular weight excluding hydrogens is 342 g/mol. The molecule has 142 valence electrons. The molecule has 0 radical (unpaired) electrons. The quantitative estimate of drug-likeness (QED) is 0.880. The van der Waals surface area contributed by atoms with E-state index in [1.807, 2.05) is 37.3 Å². The molecule has 1 fully saturated rings. The van der Waals surface area contributed by atoms with E-state index in [1.54, 1.807) is 0 Å². The van der Waals surface area contributed by atoms with E-state index in [0.717, 1.165) is 49.9 Å². The molecule has 27 heavy (non-hydrogen) atoms. The minimum absolute atomic E-state index is 0.0445. The average molecular weight is 367 g/mol. The van der Waals surface area contributed by atoms with Gasteiger partial charge in [-0.1, -0.05) is 23.8 Å². The predicted octanol–water partition coefficient (Wildman–Crippen LogP) is 2.48. The molecule has 2 aliphatic rings. The van der Waals surface area contributed by atoms with E-state index in [9.17, 15) is 4.79 Å². The topological polar surface area (TPSA) is 54.0 Å². The first kappa shape index (κ1) is 17.8. The second kappa shape index (κ2) is 7.98. The molecule has 0 aromatic heterocycles. The minimum Gasteiger partial charge on any atom is -0.454 e. The maximum absolute atomic E-state index is 12.3. The number of nitrogens with one attached hydrogen (secondary N) is 1. The second-order valence-electron chi connectivity index (χ2n) is 7.15. The molecule has 4 rings (SSSR count). The molecule has 6 heteroatoms. The molecule has 0 spiro atoms. The molecule has 0 atom stereocenters. The number of benzene rings is 2. The summed E-state index contributed by atoms with van der Waals surface area (Å²) >= 11 is 0. The van der Waals surface area contributed by atoms with E-state index in [2.05, 4.69) is 27.2 Å². The van der Waals surface area contributed by atoms with E-state index in [4.69, 9.17) is 9.47 Å². The normalized spacial score (nSPS) is 17.1. The van der Waals surface area contributed by atoms with Crippen LogP contribution < -0.4 is 14.8 Å². The number of amides is 1. The predicted molar refractivity (Wildman–Crippen MR) is 104 cm³/mol. The van der Waals surface area contributed by atoms with Crippen LogP contribution in [0.4, 0.5) is 5.69 Å². The molecule has 2 aromatic carbocycles. The Hall–Kier alpha value is -2.57. The largest absolute Gasteiger partial charge is 0.454 e. The third-order valence-electron chi connectivity index (χ3n) is 5.01. The molecule has 0 aliphatic carbocycles. The van der Waals surface area contributed by atoms with Crippen molar-refractivity contribution in [3.63, 3.8) is 0 Å². The average Bonchev–Trinajstić information content (AvgIpc) is 3.13. The van der Waals surface area contributed by atoms with Crippen molar-refractivity contribution in [1.82, 2.24) is 9.80 Å². The number of ether oxygens (including phenoxy) is 2. The Kier molecular flexibility index (Phi) is 5.27. The Morgan fingerprint density at radius 3 is 2.44 bits per heavy atom. The monoisotopic (exact) mass is 367 g/mol. The SMILES string of the molecule is Cc1ccc(NC(=O)CN2CCN(Cc3ccc4c(c3)OCO4)CC2)cc1. The van der Waals surface area contributed by atoms with Crippen LogP contribution in [-0.4, -0.2) is 55.2 Å². The lowest BCUT2D eigenvalue weighted by molar-refractivity contribution is -0.117. The molecule has 2 heterocycles. The van der Waals surface area contributed by atoms with Gasteiger partial charge in [-0.15, -0.1) is 0 Å². The highest BCUT2D eigenvalue weighted by molar-refractivity contribution is 5.92. The second-order valence-corrected chi connectivity index (χ2v) is 7.15. The lowest BCUT2D eigenvalue weighted by Crippen LogP contribution is -2.48. The Bertz CT molecular complexity index is 799. The summed E-state index contributed by atoms with van der Waals surface area (Å²) in [5.74, 6) is 1.70. The highest BCUT2D eigenvalue weighted by atomic mass is 16.7. The number of piperazine rings is 1. The zero-order chi connectivity index (χ0) is 18.6. The van der Waals surface area contributed by atoms with Crippen molar-refractivity contribution in [1.29, 1.82) is 0 Å². The maximum atomic E-state index is 12.3. The smallest absolute Gasteiger partial charge is 0.238 e. The number of hydrogen-bond acceptors (Lipinski definition) is 5. The van der Waals surface area contributed by atoms with Crippen LogP contribution in [0.1, 0.15) is 11.1 Å². The number of hydrogen-bond donors (Lipinski definition) is 1. The first-order valence-corrected chi connectivity index (χ1v) is 9.35. The van der Waals surface area contributed by atoms with Crippen molar-refractivity contribution in [3.05, 3.63) is 53.6 Å². The van der Waals surface area contributed by atoms with Crippen LogP contribution in [0.5, 0.6) is 11.5 Å². The first-order valence-electron chi connectivity index (χ1n) is 9.35. The standard InChI is InChI=1S/C21H25N3O3/c1-16-2-5-18(6-3-16)22-21(25)14-24-10-8-23(9-11-24)13-17-4-7-19-20(12-17)27-15-26-19/h2-7,12H,8-11,13-15H2,1H3,(H,22,25). The van der Waals surface area contributed by atoms with E-state index in [1.165, 1.54) is 11.1 Å². The molecule has 0 bridgehead atoms. The van der Waals surface area contributed by atoms with E-state index < -0.39 is 0 Å². The first-order chi connectivity index (χ1) is 13.2. The molecule has 1 N–H and O–H groups in total. The van der Waals surface area contributed by atoms with Gasteiger partial charge in [0.1, 0.15) is 0 Å². The number of carbonyl (C=O) groups excluding carboxylic acids is 1. The van der Waals surface area contributed by atoms with Gasteiger partial charge in [-0.05, 0) is 36.8 Å². The zero-order valence-corrected chi connectivity index (χ0v) is 15.6. The van der Waals surface area contributed by atoms with E-state index >= 15 is 0 Å². The fourth-order valence-corrected chi connectivity index (χ4v) is 3.44. The van der Waals surface area contributed by atoms with Crippen molar-refractivity contribution in [2.45, 2.75) is 13.5 Å². The Labute approximate surface area is 159 Å². The Morgan fingerprint density at radius 1 is 0.963 bits per heavy atom. The van der Waals surface area contributed by atoms with Gasteiger partial charge in [-0.3, -0.25) is 14.6 Å². The van der Waals surface area contributed by atoms with Crippen LogP contribution in [0.3, 0.4) is 0 Å². The number of aryl methyl sites for hydroxylation is 1. The molecule has 0 unspecified atom stereocenters. The molecule has 2 aliphatic heterocycles.